The molecule has 0 saturated carbocycles. The van der Waals surface area contributed by atoms with Crippen LogP contribution in [0.2, 0.25) is 0 Å². The minimum atomic E-state index is -1.20. The molecular formula is C8H16O5. The fourth-order valence-corrected chi connectivity index (χ4v) is 1.45. The SMILES string of the molecule is CCC1O[C@@H](OC)[C@H](O)[C@@H](O)[C@@H]1O. The van der Waals surface area contributed by atoms with Gasteiger partial charge in [0.25, 0.3) is 0 Å². The molecule has 1 unspecified atom stereocenters. The van der Waals surface area contributed by atoms with Gasteiger partial charge in [0.15, 0.2) is 6.29 Å². The predicted molar refractivity (Wildman–Crippen MR) is 44.0 cm³/mol. The molecule has 5 heteroatoms. The van der Waals surface area contributed by atoms with Crippen LogP contribution in [-0.4, -0.2) is 53.1 Å². The van der Waals surface area contributed by atoms with Gasteiger partial charge in [-0.3, -0.25) is 0 Å². The molecule has 0 aromatic carbocycles. The highest BCUT2D eigenvalue weighted by Crippen LogP contribution is 2.23. The van der Waals surface area contributed by atoms with E-state index in [1.807, 2.05) is 6.92 Å². The molecule has 78 valence electrons. The lowest BCUT2D eigenvalue weighted by molar-refractivity contribution is -0.290. The normalized spacial score (nSPS) is 46.4. The quantitative estimate of drug-likeness (QED) is 0.515. The number of hydrogen-bond acceptors (Lipinski definition) is 5. The first kappa shape index (κ1) is 10.9. The summed E-state index contributed by atoms with van der Waals surface area (Å²) < 4.78 is 10.0. The average molecular weight is 192 g/mol. The van der Waals surface area contributed by atoms with E-state index in [4.69, 9.17) is 9.47 Å². The highest BCUT2D eigenvalue weighted by atomic mass is 16.7. The van der Waals surface area contributed by atoms with Crippen LogP contribution in [0.1, 0.15) is 13.3 Å². The number of hydrogen-bond donors (Lipinski definition) is 3. The Balaban J connectivity index is 2.66. The van der Waals surface area contributed by atoms with E-state index in [1.165, 1.54) is 7.11 Å². The number of ether oxygens (including phenoxy) is 2. The number of rotatable bonds is 2. The Hall–Kier alpha value is -0.200. The van der Waals surface area contributed by atoms with Crippen LogP contribution in [-0.2, 0) is 9.47 Å². The molecule has 1 aliphatic rings. The Labute approximate surface area is 76.9 Å². The minimum absolute atomic E-state index is 0.483. The van der Waals surface area contributed by atoms with Gasteiger partial charge in [-0.25, -0.2) is 0 Å². The molecule has 0 aromatic rings. The Kier molecular flexibility index (Phi) is 3.63. The maximum absolute atomic E-state index is 9.43. The summed E-state index contributed by atoms with van der Waals surface area (Å²) in [5.74, 6) is 0. The van der Waals surface area contributed by atoms with Gasteiger partial charge in [-0.05, 0) is 6.42 Å². The van der Waals surface area contributed by atoms with Crippen molar-refractivity contribution in [3.63, 3.8) is 0 Å². The molecule has 3 N–H and O–H groups in total. The highest BCUT2D eigenvalue weighted by Gasteiger charge is 2.42. The van der Waals surface area contributed by atoms with Gasteiger partial charge in [0.1, 0.15) is 18.3 Å². The average Bonchev–Trinajstić information content (AvgIpc) is 2.15. The molecule has 1 aliphatic heterocycles. The first-order chi connectivity index (χ1) is 6.11. The first-order valence-corrected chi connectivity index (χ1v) is 4.34. The standard InChI is InChI=1S/C8H16O5/c1-3-4-5(9)6(10)7(11)8(12-2)13-4/h4-11H,3H2,1-2H3/t4?,5-,6+,7-,8-/m1/s1. The molecule has 0 aromatic heterocycles. The molecule has 0 radical (unpaired) electrons. The Morgan fingerprint density at radius 1 is 1.15 bits per heavy atom. The summed E-state index contributed by atoms with van der Waals surface area (Å²) in [5, 5.41) is 28.2. The second kappa shape index (κ2) is 4.34. The van der Waals surface area contributed by atoms with Crippen molar-refractivity contribution < 1.29 is 24.8 Å². The Bertz CT molecular complexity index is 143. The minimum Gasteiger partial charge on any atom is -0.388 e. The summed E-state index contributed by atoms with van der Waals surface area (Å²) in [6.45, 7) is 1.82. The fourth-order valence-electron chi connectivity index (χ4n) is 1.45. The smallest absolute Gasteiger partial charge is 0.186 e. The zero-order chi connectivity index (χ0) is 10.0. The van der Waals surface area contributed by atoms with Crippen molar-refractivity contribution in [2.45, 2.75) is 44.1 Å². The summed E-state index contributed by atoms with van der Waals surface area (Å²) in [5.41, 5.74) is 0. The molecule has 1 rings (SSSR count). The van der Waals surface area contributed by atoms with Crippen LogP contribution >= 0.6 is 0 Å². The molecule has 1 saturated heterocycles. The molecule has 5 nitrogen and oxygen atoms in total. The summed E-state index contributed by atoms with van der Waals surface area (Å²) in [6.07, 6.45) is -4.23. The zero-order valence-electron chi connectivity index (χ0n) is 7.75. The van der Waals surface area contributed by atoms with Crippen molar-refractivity contribution in [3.8, 4) is 0 Å². The number of aliphatic hydroxyl groups excluding tert-OH is 3. The van der Waals surface area contributed by atoms with Gasteiger partial charge in [-0.1, -0.05) is 6.92 Å². The van der Waals surface area contributed by atoms with Crippen molar-refractivity contribution in [1.29, 1.82) is 0 Å². The van der Waals surface area contributed by atoms with E-state index in [0.29, 0.717) is 6.42 Å². The van der Waals surface area contributed by atoms with Crippen molar-refractivity contribution in [2.24, 2.45) is 0 Å². The van der Waals surface area contributed by atoms with Crippen LogP contribution in [0.15, 0.2) is 0 Å². The van der Waals surface area contributed by atoms with Crippen molar-refractivity contribution in [2.75, 3.05) is 7.11 Å². The molecule has 0 aliphatic carbocycles. The third kappa shape index (κ3) is 2.00. The summed E-state index contributed by atoms with van der Waals surface area (Å²) >= 11 is 0. The van der Waals surface area contributed by atoms with Crippen molar-refractivity contribution in [1.82, 2.24) is 0 Å². The van der Waals surface area contributed by atoms with Gasteiger partial charge in [0.05, 0.1) is 6.10 Å². The van der Waals surface area contributed by atoms with E-state index < -0.39 is 30.7 Å². The predicted octanol–water partition coefficient (Wildman–Crippen LogP) is -1.15. The van der Waals surface area contributed by atoms with Crippen LogP contribution < -0.4 is 0 Å². The Morgan fingerprint density at radius 2 is 1.77 bits per heavy atom. The van der Waals surface area contributed by atoms with Crippen LogP contribution in [0.3, 0.4) is 0 Å². The van der Waals surface area contributed by atoms with Crippen LogP contribution in [0, 0.1) is 0 Å². The lowest BCUT2D eigenvalue weighted by Gasteiger charge is -2.39. The summed E-state index contributed by atoms with van der Waals surface area (Å²) in [4.78, 5) is 0. The topological polar surface area (TPSA) is 79.2 Å². The maximum Gasteiger partial charge on any atom is 0.186 e. The number of aliphatic hydroxyl groups is 3. The maximum atomic E-state index is 9.43. The molecule has 1 heterocycles. The largest absolute Gasteiger partial charge is 0.388 e. The second-order valence-corrected chi connectivity index (χ2v) is 3.16. The van der Waals surface area contributed by atoms with Gasteiger partial charge in [0.2, 0.25) is 0 Å². The second-order valence-electron chi connectivity index (χ2n) is 3.16. The van der Waals surface area contributed by atoms with E-state index in [0.717, 1.165) is 0 Å². The van der Waals surface area contributed by atoms with Gasteiger partial charge in [-0.2, -0.15) is 0 Å². The van der Waals surface area contributed by atoms with Crippen LogP contribution in [0.5, 0.6) is 0 Å². The highest BCUT2D eigenvalue weighted by molar-refractivity contribution is 4.88. The van der Waals surface area contributed by atoms with E-state index in [-0.39, 0.29) is 0 Å². The van der Waals surface area contributed by atoms with Crippen LogP contribution in [0.25, 0.3) is 0 Å². The number of methoxy groups -OCH3 is 1. The molecule has 13 heavy (non-hydrogen) atoms. The van der Waals surface area contributed by atoms with Crippen LogP contribution in [0.4, 0.5) is 0 Å². The summed E-state index contributed by atoms with van der Waals surface area (Å²) in [6, 6.07) is 0. The van der Waals surface area contributed by atoms with E-state index in [2.05, 4.69) is 0 Å². The van der Waals surface area contributed by atoms with Gasteiger partial charge in [-0.15, -0.1) is 0 Å². The van der Waals surface area contributed by atoms with E-state index in [1.54, 1.807) is 0 Å². The van der Waals surface area contributed by atoms with Crippen molar-refractivity contribution in [3.05, 3.63) is 0 Å². The lowest BCUT2D eigenvalue weighted by atomic mass is 9.97. The molecule has 1 fully saturated rings. The van der Waals surface area contributed by atoms with Gasteiger partial charge >= 0.3 is 0 Å². The molecular weight excluding hydrogens is 176 g/mol. The molecule has 0 bridgehead atoms. The third-order valence-electron chi connectivity index (χ3n) is 2.30. The van der Waals surface area contributed by atoms with Gasteiger partial charge in [0, 0.05) is 7.11 Å². The summed E-state index contributed by atoms with van der Waals surface area (Å²) in [7, 11) is 1.38. The molecule has 0 spiro atoms. The van der Waals surface area contributed by atoms with E-state index in [9.17, 15) is 15.3 Å². The zero-order valence-corrected chi connectivity index (χ0v) is 7.75. The first-order valence-electron chi connectivity index (χ1n) is 4.34. The molecule has 5 atom stereocenters. The van der Waals surface area contributed by atoms with Crippen molar-refractivity contribution >= 4 is 0 Å². The Morgan fingerprint density at radius 3 is 2.23 bits per heavy atom. The third-order valence-corrected chi connectivity index (χ3v) is 2.30. The van der Waals surface area contributed by atoms with Gasteiger partial charge < -0.3 is 24.8 Å². The molecule has 0 amide bonds. The van der Waals surface area contributed by atoms with E-state index >= 15 is 0 Å². The lowest BCUT2D eigenvalue weighted by Crippen LogP contribution is -2.57. The monoisotopic (exact) mass is 192 g/mol. The fraction of sp³-hybridized carbons (Fsp3) is 1.00.